The first-order valence-electron chi connectivity index (χ1n) is 5.47. The highest BCUT2D eigenvalue weighted by Gasteiger charge is 2.24. The Hall–Kier alpha value is -1.78. The zero-order chi connectivity index (χ0) is 11.8. The molecule has 0 spiro atoms. The molecule has 2 N–H and O–H groups in total. The van der Waals surface area contributed by atoms with E-state index in [-0.39, 0.29) is 0 Å². The number of fused-ring (bicyclic) bond motifs is 3. The molecule has 2 aromatic carbocycles. The van der Waals surface area contributed by atoms with Gasteiger partial charge in [0.1, 0.15) is 12.4 Å². The summed E-state index contributed by atoms with van der Waals surface area (Å²) in [7, 11) is -1.49. The highest BCUT2D eigenvalue weighted by atomic mass is 16.5. The third-order valence-corrected chi connectivity index (χ3v) is 3.01. The molecule has 4 heteroatoms. The zero-order valence-corrected chi connectivity index (χ0v) is 9.13. The Bertz CT molecular complexity index is 566. The van der Waals surface area contributed by atoms with Crippen molar-refractivity contribution in [1.82, 2.24) is 0 Å². The first-order valence-corrected chi connectivity index (χ1v) is 5.47. The van der Waals surface area contributed by atoms with Gasteiger partial charge in [0.15, 0.2) is 0 Å². The second-order valence-electron chi connectivity index (χ2n) is 4.04. The standard InChI is InChI=1S/C13H11BO3/c15-14(16)11-6-3-7-12-13(11)10-5-2-1-4-9(10)8-17-12/h1-7,15-16H,8H2. The highest BCUT2D eigenvalue weighted by molar-refractivity contribution is 6.60. The average Bonchev–Trinajstić information content (AvgIpc) is 2.37. The number of hydrogen-bond donors (Lipinski definition) is 2. The molecule has 0 fully saturated rings. The lowest BCUT2D eigenvalue weighted by atomic mass is 9.74. The van der Waals surface area contributed by atoms with Gasteiger partial charge in [-0.1, -0.05) is 36.4 Å². The van der Waals surface area contributed by atoms with E-state index < -0.39 is 7.12 Å². The molecule has 0 unspecified atom stereocenters. The second-order valence-corrected chi connectivity index (χ2v) is 4.04. The molecule has 0 atom stereocenters. The lowest BCUT2D eigenvalue weighted by molar-refractivity contribution is 0.302. The Morgan fingerprint density at radius 1 is 1.00 bits per heavy atom. The van der Waals surface area contributed by atoms with Crippen LogP contribution >= 0.6 is 0 Å². The molecule has 1 aliphatic heterocycles. The zero-order valence-electron chi connectivity index (χ0n) is 9.13. The van der Waals surface area contributed by atoms with Gasteiger partial charge < -0.3 is 14.8 Å². The van der Waals surface area contributed by atoms with E-state index in [9.17, 15) is 10.0 Å². The topological polar surface area (TPSA) is 49.7 Å². The predicted octanol–water partition coefficient (Wildman–Crippen LogP) is 0.926. The minimum atomic E-state index is -1.49. The van der Waals surface area contributed by atoms with Crippen LogP contribution in [0.3, 0.4) is 0 Å². The summed E-state index contributed by atoms with van der Waals surface area (Å²) in [4.78, 5) is 0. The molecule has 1 aliphatic rings. The van der Waals surface area contributed by atoms with E-state index in [1.165, 1.54) is 0 Å². The van der Waals surface area contributed by atoms with Crippen molar-refractivity contribution in [3.63, 3.8) is 0 Å². The van der Waals surface area contributed by atoms with Crippen molar-refractivity contribution in [2.24, 2.45) is 0 Å². The van der Waals surface area contributed by atoms with Gasteiger partial charge in [-0.15, -0.1) is 0 Å². The van der Waals surface area contributed by atoms with Crippen LogP contribution in [0.15, 0.2) is 42.5 Å². The summed E-state index contributed by atoms with van der Waals surface area (Å²) >= 11 is 0. The lowest BCUT2D eigenvalue weighted by Gasteiger charge is -2.23. The van der Waals surface area contributed by atoms with Crippen LogP contribution in [-0.2, 0) is 6.61 Å². The van der Waals surface area contributed by atoms with Crippen molar-refractivity contribution < 1.29 is 14.8 Å². The van der Waals surface area contributed by atoms with Gasteiger partial charge in [-0.05, 0) is 22.7 Å². The monoisotopic (exact) mass is 226 g/mol. The fourth-order valence-electron chi connectivity index (χ4n) is 2.22. The van der Waals surface area contributed by atoms with Gasteiger partial charge >= 0.3 is 7.12 Å². The maximum atomic E-state index is 9.41. The van der Waals surface area contributed by atoms with E-state index in [0.717, 1.165) is 16.7 Å². The molecule has 0 saturated carbocycles. The molecule has 3 rings (SSSR count). The summed E-state index contributed by atoms with van der Waals surface area (Å²) in [5, 5.41) is 18.8. The van der Waals surface area contributed by atoms with Gasteiger partial charge in [0.05, 0.1) is 0 Å². The van der Waals surface area contributed by atoms with E-state index in [2.05, 4.69) is 0 Å². The lowest BCUT2D eigenvalue weighted by Crippen LogP contribution is -2.32. The summed E-state index contributed by atoms with van der Waals surface area (Å²) < 4.78 is 5.62. The molecule has 0 radical (unpaired) electrons. The SMILES string of the molecule is OB(O)c1cccc2c1-c1ccccc1CO2. The number of benzene rings is 2. The van der Waals surface area contributed by atoms with Crippen molar-refractivity contribution >= 4 is 12.6 Å². The van der Waals surface area contributed by atoms with E-state index in [1.54, 1.807) is 12.1 Å². The minimum absolute atomic E-state index is 0.481. The quantitative estimate of drug-likeness (QED) is 0.711. The van der Waals surface area contributed by atoms with Crippen molar-refractivity contribution in [1.29, 1.82) is 0 Å². The predicted molar refractivity (Wildman–Crippen MR) is 66.0 cm³/mol. The fraction of sp³-hybridized carbons (Fsp3) is 0.0769. The fourth-order valence-corrected chi connectivity index (χ4v) is 2.22. The van der Waals surface area contributed by atoms with Crippen molar-refractivity contribution in [3.8, 4) is 16.9 Å². The van der Waals surface area contributed by atoms with E-state index in [4.69, 9.17) is 4.74 Å². The van der Waals surface area contributed by atoms with E-state index >= 15 is 0 Å². The Morgan fingerprint density at radius 3 is 2.65 bits per heavy atom. The Morgan fingerprint density at radius 2 is 1.82 bits per heavy atom. The maximum absolute atomic E-state index is 9.41. The third kappa shape index (κ3) is 1.62. The summed E-state index contributed by atoms with van der Waals surface area (Å²) in [5.41, 5.74) is 3.34. The Balaban J connectivity index is 2.29. The summed E-state index contributed by atoms with van der Waals surface area (Å²) in [6.07, 6.45) is 0. The molecule has 0 amide bonds. The van der Waals surface area contributed by atoms with Gasteiger partial charge in [-0.2, -0.15) is 0 Å². The smallest absolute Gasteiger partial charge is 0.488 e. The van der Waals surface area contributed by atoms with Crippen LogP contribution in [0.5, 0.6) is 5.75 Å². The molecule has 84 valence electrons. The van der Waals surface area contributed by atoms with Crippen LogP contribution < -0.4 is 10.2 Å². The molecule has 17 heavy (non-hydrogen) atoms. The van der Waals surface area contributed by atoms with Crippen LogP contribution in [0.1, 0.15) is 5.56 Å². The van der Waals surface area contributed by atoms with Gasteiger partial charge in [0, 0.05) is 5.56 Å². The van der Waals surface area contributed by atoms with Crippen molar-refractivity contribution in [2.45, 2.75) is 6.61 Å². The van der Waals surface area contributed by atoms with Gasteiger partial charge in [-0.25, -0.2) is 0 Å². The van der Waals surface area contributed by atoms with Crippen LogP contribution in [0.4, 0.5) is 0 Å². The van der Waals surface area contributed by atoms with Gasteiger partial charge in [0.25, 0.3) is 0 Å². The van der Waals surface area contributed by atoms with E-state index in [1.807, 2.05) is 30.3 Å². The molecule has 3 nitrogen and oxygen atoms in total. The van der Waals surface area contributed by atoms with Crippen molar-refractivity contribution in [2.75, 3.05) is 0 Å². The summed E-state index contributed by atoms with van der Waals surface area (Å²) in [6.45, 7) is 0.522. The van der Waals surface area contributed by atoms with Crippen LogP contribution in [0.2, 0.25) is 0 Å². The van der Waals surface area contributed by atoms with Crippen LogP contribution in [0, 0.1) is 0 Å². The first kappa shape index (κ1) is 10.4. The second kappa shape index (κ2) is 3.91. The maximum Gasteiger partial charge on any atom is 0.489 e. The van der Waals surface area contributed by atoms with Gasteiger partial charge in [-0.3, -0.25) is 0 Å². The van der Waals surface area contributed by atoms with Gasteiger partial charge in [0.2, 0.25) is 0 Å². The summed E-state index contributed by atoms with van der Waals surface area (Å²) in [6, 6.07) is 13.2. The van der Waals surface area contributed by atoms with E-state index in [0.29, 0.717) is 17.8 Å². The Labute approximate surface area is 99.4 Å². The molecule has 0 aromatic heterocycles. The first-order chi connectivity index (χ1) is 8.27. The number of ether oxygens (including phenoxy) is 1. The largest absolute Gasteiger partial charge is 0.489 e. The Kier molecular flexibility index (Phi) is 2.39. The normalized spacial score (nSPS) is 12.4. The van der Waals surface area contributed by atoms with Crippen LogP contribution in [-0.4, -0.2) is 17.2 Å². The molecular weight excluding hydrogens is 215 g/mol. The average molecular weight is 226 g/mol. The number of hydrogen-bond acceptors (Lipinski definition) is 3. The molecule has 0 saturated heterocycles. The van der Waals surface area contributed by atoms with Crippen LogP contribution in [0.25, 0.3) is 11.1 Å². The molecular formula is C13H11BO3. The third-order valence-electron chi connectivity index (χ3n) is 3.01. The highest BCUT2D eigenvalue weighted by Crippen LogP contribution is 2.35. The molecule has 1 heterocycles. The molecule has 2 aromatic rings. The number of rotatable bonds is 1. The minimum Gasteiger partial charge on any atom is -0.488 e. The molecule has 0 aliphatic carbocycles. The molecule has 0 bridgehead atoms. The van der Waals surface area contributed by atoms with Crippen molar-refractivity contribution in [3.05, 3.63) is 48.0 Å². The summed E-state index contributed by atoms with van der Waals surface area (Å²) in [5.74, 6) is 0.703.